The molecule has 19 heavy (non-hydrogen) atoms. The summed E-state index contributed by atoms with van der Waals surface area (Å²) < 4.78 is 13.4. The maximum atomic E-state index is 13.4. The van der Waals surface area contributed by atoms with Crippen molar-refractivity contribution in [3.05, 3.63) is 76.6 Å². The second kappa shape index (κ2) is 5.61. The van der Waals surface area contributed by atoms with Gasteiger partial charge in [-0.1, -0.05) is 30.3 Å². The van der Waals surface area contributed by atoms with Gasteiger partial charge in [0.05, 0.1) is 0 Å². The Bertz CT molecular complexity index is 641. The number of aryl methyl sites for hydroxylation is 2. The summed E-state index contributed by atoms with van der Waals surface area (Å²) in [6, 6.07) is 11.9. The standard InChI is InChI=1S/C17H15FO/c1-12-7-8-15(11-13(12)2)17(19)10-9-14-5-3-4-6-16(14)18/h3-11H,1-2H3. The first-order valence-corrected chi connectivity index (χ1v) is 6.12. The van der Waals surface area contributed by atoms with Crippen LogP contribution in [0.25, 0.3) is 6.08 Å². The first-order valence-electron chi connectivity index (χ1n) is 6.12. The molecule has 0 atom stereocenters. The van der Waals surface area contributed by atoms with Crippen LogP contribution in [-0.2, 0) is 0 Å². The van der Waals surface area contributed by atoms with Crippen LogP contribution < -0.4 is 0 Å². The fraction of sp³-hybridized carbons (Fsp3) is 0.118. The molecule has 2 aromatic rings. The molecule has 2 rings (SSSR count). The summed E-state index contributed by atoms with van der Waals surface area (Å²) in [5, 5.41) is 0. The highest BCUT2D eigenvalue weighted by Gasteiger charge is 2.04. The molecule has 0 aliphatic heterocycles. The van der Waals surface area contributed by atoms with E-state index in [0.29, 0.717) is 11.1 Å². The van der Waals surface area contributed by atoms with E-state index < -0.39 is 0 Å². The van der Waals surface area contributed by atoms with Gasteiger partial charge in [-0.25, -0.2) is 4.39 Å². The number of allylic oxidation sites excluding steroid dienone is 1. The normalized spacial score (nSPS) is 10.9. The monoisotopic (exact) mass is 254 g/mol. The van der Waals surface area contributed by atoms with Crippen LogP contribution in [0.5, 0.6) is 0 Å². The van der Waals surface area contributed by atoms with E-state index in [1.807, 2.05) is 26.0 Å². The van der Waals surface area contributed by atoms with Crippen molar-refractivity contribution in [2.24, 2.45) is 0 Å². The fourth-order valence-corrected chi connectivity index (χ4v) is 1.77. The van der Waals surface area contributed by atoms with E-state index in [2.05, 4.69) is 0 Å². The van der Waals surface area contributed by atoms with E-state index in [4.69, 9.17) is 0 Å². The van der Waals surface area contributed by atoms with Crippen molar-refractivity contribution in [1.29, 1.82) is 0 Å². The lowest BCUT2D eigenvalue weighted by molar-refractivity contribution is 0.104. The second-order valence-electron chi connectivity index (χ2n) is 4.52. The van der Waals surface area contributed by atoms with Gasteiger partial charge in [0.2, 0.25) is 0 Å². The van der Waals surface area contributed by atoms with Crippen molar-refractivity contribution in [1.82, 2.24) is 0 Å². The molecule has 0 spiro atoms. The third-order valence-electron chi connectivity index (χ3n) is 3.11. The van der Waals surface area contributed by atoms with Crippen LogP contribution >= 0.6 is 0 Å². The van der Waals surface area contributed by atoms with E-state index in [-0.39, 0.29) is 11.6 Å². The highest BCUT2D eigenvalue weighted by atomic mass is 19.1. The molecule has 0 heterocycles. The molecular formula is C17H15FO. The Morgan fingerprint density at radius 1 is 1.05 bits per heavy atom. The summed E-state index contributed by atoms with van der Waals surface area (Å²) in [5.74, 6) is -0.446. The quantitative estimate of drug-likeness (QED) is 0.588. The van der Waals surface area contributed by atoms with Crippen molar-refractivity contribution < 1.29 is 9.18 Å². The average molecular weight is 254 g/mol. The number of halogens is 1. The molecule has 0 saturated carbocycles. The molecule has 0 unspecified atom stereocenters. The van der Waals surface area contributed by atoms with Crippen molar-refractivity contribution in [2.75, 3.05) is 0 Å². The SMILES string of the molecule is Cc1ccc(C(=O)C=Cc2ccccc2F)cc1C. The highest BCUT2D eigenvalue weighted by molar-refractivity contribution is 6.06. The Balaban J connectivity index is 2.21. The number of carbonyl (C=O) groups excluding carboxylic acids is 1. The Morgan fingerprint density at radius 3 is 2.47 bits per heavy atom. The lowest BCUT2D eigenvalue weighted by Gasteiger charge is -2.02. The number of rotatable bonds is 3. The molecule has 0 saturated heterocycles. The first-order chi connectivity index (χ1) is 9.08. The minimum atomic E-state index is -0.327. The Kier molecular flexibility index (Phi) is 3.91. The molecule has 0 N–H and O–H groups in total. The van der Waals surface area contributed by atoms with E-state index in [1.165, 1.54) is 18.2 Å². The summed E-state index contributed by atoms with van der Waals surface area (Å²) in [4.78, 5) is 12.0. The van der Waals surface area contributed by atoms with Crippen molar-refractivity contribution in [3.63, 3.8) is 0 Å². The minimum Gasteiger partial charge on any atom is -0.289 e. The van der Waals surface area contributed by atoms with Crippen LogP contribution in [0.4, 0.5) is 4.39 Å². The zero-order valence-corrected chi connectivity index (χ0v) is 11.0. The summed E-state index contributed by atoms with van der Waals surface area (Å²) in [6.45, 7) is 3.96. The molecule has 0 fully saturated rings. The van der Waals surface area contributed by atoms with Gasteiger partial charge in [-0.15, -0.1) is 0 Å². The zero-order chi connectivity index (χ0) is 13.8. The number of ketones is 1. The van der Waals surface area contributed by atoms with Gasteiger partial charge >= 0.3 is 0 Å². The van der Waals surface area contributed by atoms with Gasteiger partial charge in [-0.2, -0.15) is 0 Å². The number of carbonyl (C=O) groups is 1. The maximum absolute atomic E-state index is 13.4. The lowest BCUT2D eigenvalue weighted by atomic mass is 10.0. The number of benzene rings is 2. The van der Waals surface area contributed by atoms with Crippen molar-refractivity contribution in [2.45, 2.75) is 13.8 Å². The van der Waals surface area contributed by atoms with Gasteiger partial charge in [0, 0.05) is 11.1 Å². The van der Waals surface area contributed by atoms with Crippen LogP contribution in [0.1, 0.15) is 27.0 Å². The Hall–Kier alpha value is -2.22. The maximum Gasteiger partial charge on any atom is 0.185 e. The van der Waals surface area contributed by atoms with Gasteiger partial charge in [0.1, 0.15) is 5.82 Å². The molecule has 1 nitrogen and oxygen atoms in total. The largest absolute Gasteiger partial charge is 0.289 e. The third kappa shape index (κ3) is 3.16. The predicted molar refractivity (Wildman–Crippen MR) is 75.7 cm³/mol. The third-order valence-corrected chi connectivity index (χ3v) is 3.11. The highest BCUT2D eigenvalue weighted by Crippen LogP contribution is 2.13. The molecule has 96 valence electrons. The molecule has 0 bridgehead atoms. The van der Waals surface area contributed by atoms with Crippen LogP contribution in [0.2, 0.25) is 0 Å². The van der Waals surface area contributed by atoms with Crippen LogP contribution in [0, 0.1) is 19.7 Å². The van der Waals surface area contributed by atoms with Gasteiger partial charge in [0.15, 0.2) is 5.78 Å². The summed E-state index contributed by atoms with van der Waals surface area (Å²) in [7, 11) is 0. The molecule has 2 heteroatoms. The van der Waals surface area contributed by atoms with Crippen molar-refractivity contribution >= 4 is 11.9 Å². The van der Waals surface area contributed by atoms with E-state index in [1.54, 1.807) is 24.3 Å². The fourth-order valence-electron chi connectivity index (χ4n) is 1.77. The second-order valence-corrected chi connectivity index (χ2v) is 4.52. The molecule has 2 aromatic carbocycles. The molecule has 0 aliphatic rings. The average Bonchev–Trinajstić information content (AvgIpc) is 2.40. The smallest absolute Gasteiger partial charge is 0.185 e. The summed E-state index contributed by atoms with van der Waals surface area (Å²) in [6.07, 6.45) is 2.91. The molecule has 0 amide bonds. The van der Waals surface area contributed by atoms with Crippen LogP contribution in [0.3, 0.4) is 0 Å². The van der Waals surface area contributed by atoms with Gasteiger partial charge in [-0.05, 0) is 49.3 Å². The zero-order valence-electron chi connectivity index (χ0n) is 11.0. The summed E-state index contributed by atoms with van der Waals surface area (Å²) in [5.41, 5.74) is 3.26. The Labute approximate surface area is 112 Å². The van der Waals surface area contributed by atoms with E-state index in [9.17, 15) is 9.18 Å². The van der Waals surface area contributed by atoms with Crippen LogP contribution in [0.15, 0.2) is 48.5 Å². The van der Waals surface area contributed by atoms with Gasteiger partial charge in [-0.3, -0.25) is 4.79 Å². The lowest BCUT2D eigenvalue weighted by Crippen LogP contribution is -1.96. The van der Waals surface area contributed by atoms with Crippen LogP contribution in [-0.4, -0.2) is 5.78 Å². The molecule has 0 radical (unpaired) electrons. The topological polar surface area (TPSA) is 17.1 Å². The van der Waals surface area contributed by atoms with E-state index in [0.717, 1.165) is 11.1 Å². The number of hydrogen-bond acceptors (Lipinski definition) is 1. The Morgan fingerprint density at radius 2 is 1.79 bits per heavy atom. The predicted octanol–water partition coefficient (Wildman–Crippen LogP) is 4.34. The molecular weight excluding hydrogens is 239 g/mol. The van der Waals surface area contributed by atoms with Gasteiger partial charge in [0.25, 0.3) is 0 Å². The molecule has 0 aliphatic carbocycles. The van der Waals surface area contributed by atoms with E-state index >= 15 is 0 Å². The number of hydrogen-bond donors (Lipinski definition) is 0. The first kappa shape index (κ1) is 13.2. The minimum absolute atomic E-state index is 0.119. The summed E-state index contributed by atoms with van der Waals surface area (Å²) >= 11 is 0. The van der Waals surface area contributed by atoms with Gasteiger partial charge < -0.3 is 0 Å². The molecule has 0 aromatic heterocycles. The van der Waals surface area contributed by atoms with Crippen molar-refractivity contribution in [3.8, 4) is 0 Å².